The van der Waals surface area contributed by atoms with Gasteiger partial charge in [-0.2, -0.15) is 0 Å². The largest absolute Gasteiger partial charge is 0.419 e. The molecule has 4 rings (SSSR count). The second kappa shape index (κ2) is 9.48. The third kappa shape index (κ3) is 5.41. The van der Waals surface area contributed by atoms with E-state index in [4.69, 9.17) is 4.42 Å². The lowest BCUT2D eigenvalue weighted by Gasteiger charge is -2.20. The molecule has 6 heteroatoms. The summed E-state index contributed by atoms with van der Waals surface area (Å²) in [5.41, 5.74) is 2.25. The second-order valence-electron chi connectivity index (χ2n) is 6.94. The van der Waals surface area contributed by atoms with Gasteiger partial charge in [0.15, 0.2) is 0 Å². The van der Waals surface area contributed by atoms with Gasteiger partial charge < -0.3 is 4.42 Å². The average Bonchev–Trinajstić information content (AvgIpc) is 3.36. The Morgan fingerprint density at radius 2 is 1.72 bits per heavy atom. The van der Waals surface area contributed by atoms with Gasteiger partial charge in [0.2, 0.25) is 11.8 Å². The first-order chi connectivity index (χ1) is 14.2. The summed E-state index contributed by atoms with van der Waals surface area (Å²) >= 11 is 5.39. The van der Waals surface area contributed by atoms with Crippen molar-refractivity contribution in [3.63, 3.8) is 0 Å². The molecule has 0 spiro atoms. The fourth-order valence-electron chi connectivity index (χ4n) is 3.19. The highest BCUT2D eigenvalue weighted by atomic mass is 79.9. The summed E-state index contributed by atoms with van der Waals surface area (Å²) in [5, 5.41) is 8.56. The van der Waals surface area contributed by atoms with Gasteiger partial charge in [0.25, 0.3) is 0 Å². The molecule has 0 aliphatic rings. The standard InChI is InChI=1S/C23H22BrN3OS/c1-17-11-12-19(29-17)15-27(14-13-18-7-3-2-4-8-18)16-22-25-26-23(28-22)20-9-5-6-10-21(20)24/h2-12H,13-16H2,1H3. The van der Waals surface area contributed by atoms with Gasteiger partial charge >= 0.3 is 0 Å². The molecule has 0 amide bonds. The Balaban J connectivity index is 1.49. The van der Waals surface area contributed by atoms with Gasteiger partial charge in [-0.3, -0.25) is 4.90 Å². The Labute approximate surface area is 183 Å². The lowest BCUT2D eigenvalue weighted by Crippen LogP contribution is -2.25. The molecule has 2 aromatic carbocycles. The van der Waals surface area contributed by atoms with Crippen LogP contribution in [0.2, 0.25) is 0 Å². The van der Waals surface area contributed by atoms with Gasteiger partial charge in [0, 0.05) is 27.3 Å². The van der Waals surface area contributed by atoms with E-state index >= 15 is 0 Å². The molecule has 2 heterocycles. The van der Waals surface area contributed by atoms with E-state index in [1.807, 2.05) is 35.6 Å². The van der Waals surface area contributed by atoms with E-state index in [0.29, 0.717) is 18.3 Å². The quantitative estimate of drug-likeness (QED) is 0.313. The lowest BCUT2D eigenvalue weighted by atomic mass is 10.1. The molecular weight excluding hydrogens is 446 g/mol. The van der Waals surface area contributed by atoms with Crippen LogP contribution in [0.4, 0.5) is 0 Å². The molecule has 148 valence electrons. The zero-order valence-electron chi connectivity index (χ0n) is 16.2. The Kier molecular flexibility index (Phi) is 6.54. The molecule has 0 aliphatic heterocycles. The zero-order chi connectivity index (χ0) is 20.1. The number of aromatic nitrogens is 2. The highest BCUT2D eigenvalue weighted by molar-refractivity contribution is 9.10. The van der Waals surface area contributed by atoms with E-state index in [-0.39, 0.29) is 0 Å². The van der Waals surface area contributed by atoms with Gasteiger partial charge in [0.05, 0.1) is 12.1 Å². The van der Waals surface area contributed by atoms with E-state index in [0.717, 1.165) is 29.5 Å². The molecule has 0 N–H and O–H groups in total. The molecule has 0 saturated heterocycles. The summed E-state index contributed by atoms with van der Waals surface area (Å²) in [5.74, 6) is 1.18. The maximum Gasteiger partial charge on any atom is 0.248 e. The van der Waals surface area contributed by atoms with Crippen molar-refractivity contribution in [2.24, 2.45) is 0 Å². The van der Waals surface area contributed by atoms with E-state index in [1.165, 1.54) is 15.3 Å². The van der Waals surface area contributed by atoms with E-state index in [2.05, 4.69) is 80.4 Å². The number of thiophene rings is 1. The van der Waals surface area contributed by atoms with Crippen molar-refractivity contribution in [1.82, 2.24) is 15.1 Å². The molecule has 0 saturated carbocycles. The number of nitrogens with zero attached hydrogens (tertiary/aromatic N) is 3. The Hall–Kier alpha value is -2.28. The molecule has 0 bridgehead atoms. The molecule has 0 unspecified atom stereocenters. The van der Waals surface area contributed by atoms with Crippen LogP contribution in [0.25, 0.3) is 11.5 Å². The molecule has 0 fully saturated rings. The minimum absolute atomic E-state index is 0.544. The van der Waals surface area contributed by atoms with Gasteiger partial charge in [-0.05, 0) is 59.1 Å². The molecule has 4 nitrogen and oxygen atoms in total. The summed E-state index contributed by atoms with van der Waals surface area (Å²) in [7, 11) is 0. The molecule has 29 heavy (non-hydrogen) atoms. The van der Waals surface area contributed by atoms with Crippen molar-refractivity contribution in [3.05, 3.63) is 92.4 Å². The van der Waals surface area contributed by atoms with Crippen LogP contribution >= 0.6 is 27.3 Å². The first-order valence-corrected chi connectivity index (χ1v) is 11.2. The number of rotatable bonds is 8. The summed E-state index contributed by atoms with van der Waals surface area (Å²) in [4.78, 5) is 5.05. The smallest absolute Gasteiger partial charge is 0.248 e. The van der Waals surface area contributed by atoms with Crippen LogP contribution in [-0.2, 0) is 19.5 Å². The Morgan fingerprint density at radius 1 is 0.931 bits per heavy atom. The van der Waals surface area contributed by atoms with Crippen molar-refractivity contribution in [1.29, 1.82) is 0 Å². The van der Waals surface area contributed by atoms with Crippen molar-refractivity contribution in [2.45, 2.75) is 26.4 Å². The van der Waals surface area contributed by atoms with Crippen LogP contribution in [0, 0.1) is 6.92 Å². The van der Waals surface area contributed by atoms with Crippen molar-refractivity contribution >= 4 is 27.3 Å². The predicted octanol–water partition coefficient (Wildman–Crippen LogP) is 6.11. The van der Waals surface area contributed by atoms with E-state index in [9.17, 15) is 0 Å². The number of halogens is 1. The Morgan fingerprint density at radius 3 is 2.48 bits per heavy atom. The minimum Gasteiger partial charge on any atom is -0.419 e. The molecule has 0 atom stereocenters. The number of hydrogen-bond donors (Lipinski definition) is 0. The first-order valence-electron chi connectivity index (χ1n) is 9.56. The summed E-state index contributed by atoms with van der Waals surface area (Å²) in [6.45, 7) is 4.57. The van der Waals surface area contributed by atoms with Crippen molar-refractivity contribution in [3.8, 4) is 11.5 Å². The number of hydrogen-bond acceptors (Lipinski definition) is 5. The van der Waals surface area contributed by atoms with Crippen LogP contribution in [0.5, 0.6) is 0 Å². The van der Waals surface area contributed by atoms with Crippen molar-refractivity contribution in [2.75, 3.05) is 6.54 Å². The van der Waals surface area contributed by atoms with Gasteiger partial charge in [-0.1, -0.05) is 42.5 Å². The monoisotopic (exact) mass is 467 g/mol. The van der Waals surface area contributed by atoms with Crippen LogP contribution < -0.4 is 0 Å². The molecule has 4 aromatic rings. The molecule has 0 radical (unpaired) electrons. The lowest BCUT2D eigenvalue weighted by molar-refractivity contribution is 0.236. The normalized spacial score (nSPS) is 11.3. The average molecular weight is 468 g/mol. The summed E-state index contributed by atoms with van der Waals surface area (Å²) < 4.78 is 6.93. The van der Waals surface area contributed by atoms with Gasteiger partial charge in [-0.15, -0.1) is 21.5 Å². The third-order valence-electron chi connectivity index (χ3n) is 4.66. The van der Waals surface area contributed by atoms with E-state index < -0.39 is 0 Å². The highest BCUT2D eigenvalue weighted by Gasteiger charge is 2.15. The fourth-order valence-corrected chi connectivity index (χ4v) is 4.58. The van der Waals surface area contributed by atoms with Crippen LogP contribution in [-0.4, -0.2) is 21.6 Å². The molecule has 2 aromatic heterocycles. The van der Waals surface area contributed by atoms with Crippen LogP contribution in [0.3, 0.4) is 0 Å². The fraction of sp³-hybridized carbons (Fsp3) is 0.217. The summed E-state index contributed by atoms with van der Waals surface area (Å²) in [6.07, 6.45) is 0.983. The van der Waals surface area contributed by atoms with Gasteiger partial charge in [0.1, 0.15) is 0 Å². The van der Waals surface area contributed by atoms with Gasteiger partial charge in [-0.25, -0.2) is 0 Å². The number of benzene rings is 2. The van der Waals surface area contributed by atoms with Crippen LogP contribution in [0.1, 0.15) is 21.2 Å². The Bertz CT molecular complexity index is 1060. The minimum atomic E-state index is 0.544. The molecular formula is C23H22BrN3OS. The molecule has 0 aliphatic carbocycles. The summed E-state index contributed by atoms with van der Waals surface area (Å²) in [6, 6.07) is 22.8. The third-order valence-corrected chi connectivity index (χ3v) is 6.34. The first kappa shape index (κ1) is 20.0. The SMILES string of the molecule is Cc1ccc(CN(CCc2ccccc2)Cc2nnc(-c3ccccc3Br)o2)s1. The predicted molar refractivity (Wildman–Crippen MR) is 121 cm³/mol. The topological polar surface area (TPSA) is 42.2 Å². The van der Waals surface area contributed by atoms with Crippen LogP contribution in [0.15, 0.2) is 75.6 Å². The van der Waals surface area contributed by atoms with Crippen molar-refractivity contribution < 1.29 is 4.42 Å². The maximum atomic E-state index is 5.99. The second-order valence-corrected chi connectivity index (χ2v) is 9.17. The maximum absolute atomic E-state index is 5.99. The zero-order valence-corrected chi connectivity index (χ0v) is 18.6. The number of aryl methyl sites for hydroxylation is 1. The van der Waals surface area contributed by atoms with E-state index in [1.54, 1.807) is 0 Å². The highest BCUT2D eigenvalue weighted by Crippen LogP contribution is 2.27.